The highest BCUT2D eigenvalue weighted by Crippen LogP contribution is 2.36. The third kappa shape index (κ3) is 3.03. The lowest BCUT2D eigenvalue weighted by molar-refractivity contribution is -0.142. The van der Waals surface area contributed by atoms with E-state index < -0.39 is 5.60 Å². The van der Waals surface area contributed by atoms with Gasteiger partial charge in [-0.3, -0.25) is 9.48 Å². The number of aliphatic hydroxyl groups is 1. The van der Waals surface area contributed by atoms with Crippen LogP contribution < -0.4 is 0 Å². The van der Waals surface area contributed by atoms with E-state index in [9.17, 15) is 9.90 Å². The SMILES string of the molecule is CCOCC1CN(C(=O)CC2(O)CCC2)Cc2cn(C)nc21. The smallest absolute Gasteiger partial charge is 0.225 e. The molecule has 1 N–H and O–H groups in total. The van der Waals surface area contributed by atoms with Crippen LogP contribution in [-0.2, 0) is 23.1 Å². The molecule has 2 aliphatic rings. The van der Waals surface area contributed by atoms with E-state index in [0.717, 1.165) is 30.5 Å². The maximum absolute atomic E-state index is 12.5. The van der Waals surface area contributed by atoms with Gasteiger partial charge in [0, 0.05) is 44.4 Å². The molecular formula is C16H25N3O3. The lowest BCUT2D eigenvalue weighted by atomic mass is 9.77. The molecule has 1 aliphatic carbocycles. The lowest BCUT2D eigenvalue weighted by Gasteiger charge is -2.39. The number of hydrogen-bond donors (Lipinski definition) is 1. The number of aromatic nitrogens is 2. The normalized spacial score (nSPS) is 23.0. The molecule has 22 heavy (non-hydrogen) atoms. The topological polar surface area (TPSA) is 67.6 Å². The second kappa shape index (κ2) is 6.01. The maximum atomic E-state index is 12.5. The van der Waals surface area contributed by atoms with E-state index >= 15 is 0 Å². The van der Waals surface area contributed by atoms with Gasteiger partial charge in [0.1, 0.15) is 0 Å². The maximum Gasteiger partial charge on any atom is 0.225 e. The van der Waals surface area contributed by atoms with Crippen molar-refractivity contribution in [2.45, 2.75) is 50.7 Å². The summed E-state index contributed by atoms with van der Waals surface area (Å²) < 4.78 is 7.37. The molecule has 0 aromatic carbocycles. The zero-order valence-electron chi connectivity index (χ0n) is 13.4. The number of ether oxygens (including phenoxy) is 1. The number of fused-ring (bicyclic) bond motifs is 1. The second-order valence-corrected chi connectivity index (χ2v) is 6.60. The minimum Gasteiger partial charge on any atom is -0.389 e. The summed E-state index contributed by atoms with van der Waals surface area (Å²) >= 11 is 0. The van der Waals surface area contributed by atoms with Crippen LogP contribution in [0.25, 0.3) is 0 Å². The summed E-state index contributed by atoms with van der Waals surface area (Å²) in [5.74, 6) is 0.156. The van der Waals surface area contributed by atoms with Crippen molar-refractivity contribution in [2.75, 3.05) is 19.8 Å². The van der Waals surface area contributed by atoms with Gasteiger partial charge in [-0.15, -0.1) is 0 Å². The van der Waals surface area contributed by atoms with E-state index in [1.165, 1.54) is 0 Å². The third-order valence-electron chi connectivity index (χ3n) is 4.77. The molecule has 1 aromatic rings. The Kier molecular flexibility index (Phi) is 4.23. The summed E-state index contributed by atoms with van der Waals surface area (Å²) in [5, 5.41) is 14.8. The van der Waals surface area contributed by atoms with Gasteiger partial charge in [0.25, 0.3) is 0 Å². The highest BCUT2D eigenvalue weighted by Gasteiger charge is 2.39. The van der Waals surface area contributed by atoms with Crippen LogP contribution in [0.4, 0.5) is 0 Å². The van der Waals surface area contributed by atoms with Crippen molar-refractivity contribution < 1.29 is 14.6 Å². The average Bonchev–Trinajstić information content (AvgIpc) is 2.83. The summed E-state index contributed by atoms with van der Waals surface area (Å²) in [7, 11) is 1.90. The Bertz CT molecular complexity index is 551. The molecule has 6 heteroatoms. The number of carbonyl (C=O) groups is 1. The Balaban J connectivity index is 1.72. The van der Waals surface area contributed by atoms with E-state index in [2.05, 4.69) is 5.10 Å². The van der Waals surface area contributed by atoms with Gasteiger partial charge in [0.15, 0.2) is 0 Å². The molecule has 2 heterocycles. The zero-order valence-corrected chi connectivity index (χ0v) is 13.4. The Morgan fingerprint density at radius 1 is 1.55 bits per heavy atom. The monoisotopic (exact) mass is 307 g/mol. The minimum absolute atomic E-state index is 0.0400. The molecule has 3 rings (SSSR count). The van der Waals surface area contributed by atoms with Crippen LogP contribution in [0.1, 0.15) is 49.8 Å². The second-order valence-electron chi connectivity index (χ2n) is 6.60. The molecule has 1 aromatic heterocycles. The minimum atomic E-state index is -0.762. The largest absolute Gasteiger partial charge is 0.389 e. The van der Waals surface area contributed by atoms with Crippen molar-refractivity contribution in [3.8, 4) is 0 Å². The van der Waals surface area contributed by atoms with Gasteiger partial charge in [-0.1, -0.05) is 0 Å². The highest BCUT2D eigenvalue weighted by molar-refractivity contribution is 5.77. The van der Waals surface area contributed by atoms with E-state index in [4.69, 9.17) is 4.74 Å². The number of carbonyl (C=O) groups excluding carboxylic acids is 1. The predicted molar refractivity (Wildman–Crippen MR) is 81.3 cm³/mol. The van der Waals surface area contributed by atoms with Crippen LogP contribution in [0.3, 0.4) is 0 Å². The Hall–Kier alpha value is -1.40. The molecule has 0 radical (unpaired) electrons. The van der Waals surface area contributed by atoms with Crippen LogP contribution >= 0.6 is 0 Å². The molecule has 1 saturated carbocycles. The van der Waals surface area contributed by atoms with Crippen LogP contribution in [-0.4, -0.2) is 51.1 Å². The van der Waals surface area contributed by atoms with E-state index in [-0.39, 0.29) is 18.2 Å². The third-order valence-corrected chi connectivity index (χ3v) is 4.77. The Morgan fingerprint density at radius 2 is 2.32 bits per heavy atom. The quantitative estimate of drug-likeness (QED) is 0.887. The molecule has 122 valence electrons. The molecule has 0 saturated heterocycles. The number of aryl methyl sites for hydroxylation is 1. The van der Waals surface area contributed by atoms with Gasteiger partial charge in [-0.05, 0) is 26.2 Å². The van der Waals surface area contributed by atoms with E-state index in [1.807, 2.05) is 25.1 Å². The average molecular weight is 307 g/mol. The van der Waals surface area contributed by atoms with Gasteiger partial charge in [-0.25, -0.2) is 0 Å². The fourth-order valence-corrected chi connectivity index (χ4v) is 3.38. The standard InChI is InChI=1S/C16H25N3O3/c1-3-22-11-13-10-19(9-12-8-18(2)17-15(12)13)14(20)7-16(21)5-4-6-16/h8,13,21H,3-7,9-11H2,1-2H3. The van der Waals surface area contributed by atoms with Crippen LogP contribution in [0.15, 0.2) is 6.20 Å². The van der Waals surface area contributed by atoms with Gasteiger partial charge >= 0.3 is 0 Å². The van der Waals surface area contributed by atoms with Crippen molar-refractivity contribution in [3.05, 3.63) is 17.5 Å². The first kappa shape index (κ1) is 15.5. The van der Waals surface area contributed by atoms with Crippen LogP contribution in [0, 0.1) is 0 Å². The summed E-state index contributed by atoms with van der Waals surface area (Å²) in [6, 6.07) is 0. The molecule has 0 bridgehead atoms. The van der Waals surface area contributed by atoms with Crippen molar-refractivity contribution in [1.82, 2.24) is 14.7 Å². The fraction of sp³-hybridized carbons (Fsp3) is 0.750. The van der Waals surface area contributed by atoms with Gasteiger partial charge in [0.2, 0.25) is 5.91 Å². The van der Waals surface area contributed by atoms with E-state index in [0.29, 0.717) is 26.3 Å². The summed E-state index contributed by atoms with van der Waals surface area (Å²) in [4.78, 5) is 14.4. The first-order valence-electron chi connectivity index (χ1n) is 8.11. The summed E-state index contributed by atoms with van der Waals surface area (Å²) in [5.41, 5.74) is 1.37. The molecule has 1 atom stereocenters. The van der Waals surface area contributed by atoms with Crippen molar-refractivity contribution in [3.63, 3.8) is 0 Å². The van der Waals surface area contributed by atoms with Gasteiger partial charge in [0.05, 0.1) is 24.3 Å². The van der Waals surface area contributed by atoms with Crippen molar-refractivity contribution in [1.29, 1.82) is 0 Å². The number of rotatable bonds is 5. The molecule has 6 nitrogen and oxygen atoms in total. The number of nitrogens with zero attached hydrogens (tertiary/aromatic N) is 3. The molecule has 1 aliphatic heterocycles. The van der Waals surface area contributed by atoms with Gasteiger partial charge < -0.3 is 14.7 Å². The van der Waals surface area contributed by atoms with Crippen LogP contribution in [0.2, 0.25) is 0 Å². The molecule has 1 fully saturated rings. The molecular weight excluding hydrogens is 282 g/mol. The fourth-order valence-electron chi connectivity index (χ4n) is 3.38. The molecule has 0 spiro atoms. The Labute approximate surface area is 131 Å². The highest BCUT2D eigenvalue weighted by atomic mass is 16.5. The number of hydrogen-bond acceptors (Lipinski definition) is 4. The van der Waals surface area contributed by atoms with Crippen molar-refractivity contribution in [2.24, 2.45) is 7.05 Å². The van der Waals surface area contributed by atoms with E-state index in [1.54, 1.807) is 4.68 Å². The van der Waals surface area contributed by atoms with Gasteiger partial charge in [-0.2, -0.15) is 5.10 Å². The summed E-state index contributed by atoms with van der Waals surface area (Å²) in [6.45, 7) is 4.41. The Morgan fingerprint density at radius 3 is 2.95 bits per heavy atom. The predicted octanol–water partition coefficient (Wildman–Crippen LogP) is 1.19. The zero-order chi connectivity index (χ0) is 15.7. The molecule has 1 unspecified atom stereocenters. The van der Waals surface area contributed by atoms with Crippen LogP contribution in [0.5, 0.6) is 0 Å². The summed E-state index contributed by atoms with van der Waals surface area (Å²) in [6.07, 6.45) is 4.72. The lowest BCUT2D eigenvalue weighted by Crippen LogP contribution is -2.46. The number of amides is 1. The van der Waals surface area contributed by atoms with Crippen molar-refractivity contribution >= 4 is 5.91 Å². The first-order valence-corrected chi connectivity index (χ1v) is 8.11. The first-order chi connectivity index (χ1) is 10.5. The molecule has 1 amide bonds.